The molecule has 1 heterocycles. The van der Waals surface area contributed by atoms with Gasteiger partial charge in [-0.1, -0.05) is 30.3 Å². The average Bonchev–Trinajstić information content (AvgIpc) is 2.55. The summed E-state index contributed by atoms with van der Waals surface area (Å²) in [6.07, 6.45) is 2.06. The molecular formula is C17H16N2O3. The molecule has 2 aromatic carbocycles. The number of methoxy groups -OCH3 is 1. The summed E-state index contributed by atoms with van der Waals surface area (Å²) in [6, 6.07) is 14.7. The molecular weight excluding hydrogens is 280 g/mol. The van der Waals surface area contributed by atoms with Crippen molar-refractivity contribution in [3.8, 4) is 11.5 Å². The SMILES string of the molecule is COc1cc(/C=N\N2C(=O)C[C@@H]2c2ccccc2)ccc1O. The Morgan fingerprint density at radius 1 is 1.27 bits per heavy atom. The van der Waals surface area contributed by atoms with Crippen LogP contribution in [0.3, 0.4) is 0 Å². The Bertz CT molecular complexity index is 713. The molecule has 1 aliphatic heterocycles. The highest BCUT2D eigenvalue weighted by atomic mass is 16.5. The number of rotatable bonds is 4. The number of carbonyl (C=O) groups is 1. The third-order valence-corrected chi connectivity index (χ3v) is 3.64. The van der Waals surface area contributed by atoms with Crippen LogP contribution >= 0.6 is 0 Å². The summed E-state index contributed by atoms with van der Waals surface area (Å²) in [5, 5.41) is 15.3. The summed E-state index contributed by atoms with van der Waals surface area (Å²) < 4.78 is 5.05. The minimum atomic E-state index is -0.0102. The predicted octanol–water partition coefficient (Wildman–Crippen LogP) is 2.71. The molecule has 5 heteroatoms. The molecule has 0 spiro atoms. The molecule has 1 N–H and O–H groups in total. The second-order valence-electron chi connectivity index (χ2n) is 5.04. The van der Waals surface area contributed by atoms with Gasteiger partial charge in [0.15, 0.2) is 11.5 Å². The van der Waals surface area contributed by atoms with E-state index in [4.69, 9.17) is 4.74 Å². The first kappa shape index (κ1) is 14.1. The molecule has 1 amide bonds. The molecule has 0 aliphatic carbocycles. The van der Waals surface area contributed by atoms with Crippen LogP contribution in [0.4, 0.5) is 0 Å². The van der Waals surface area contributed by atoms with Crippen molar-refractivity contribution >= 4 is 12.1 Å². The molecule has 1 fully saturated rings. The fraction of sp³-hybridized carbons (Fsp3) is 0.176. The van der Waals surface area contributed by atoms with E-state index in [2.05, 4.69) is 5.10 Å². The van der Waals surface area contributed by atoms with Gasteiger partial charge >= 0.3 is 0 Å². The van der Waals surface area contributed by atoms with Gasteiger partial charge in [-0.3, -0.25) is 4.79 Å². The van der Waals surface area contributed by atoms with E-state index < -0.39 is 0 Å². The van der Waals surface area contributed by atoms with Gasteiger partial charge in [-0.2, -0.15) is 5.10 Å². The van der Waals surface area contributed by atoms with Crippen LogP contribution in [0.1, 0.15) is 23.6 Å². The maximum atomic E-state index is 11.8. The van der Waals surface area contributed by atoms with E-state index >= 15 is 0 Å². The van der Waals surface area contributed by atoms with Crippen LogP contribution in [0.5, 0.6) is 11.5 Å². The highest BCUT2D eigenvalue weighted by Gasteiger charge is 2.37. The Labute approximate surface area is 128 Å². The summed E-state index contributed by atoms with van der Waals surface area (Å²) in [4.78, 5) is 11.8. The zero-order valence-electron chi connectivity index (χ0n) is 12.1. The van der Waals surface area contributed by atoms with Crippen molar-refractivity contribution in [1.29, 1.82) is 0 Å². The van der Waals surface area contributed by atoms with Gasteiger partial charge in [0.1, 0.15) is 0 Å². The molecule has 0 aromatic heterocycles. The van der Waals surface area contributed by atoms with E-state index in [1.165, 1.54) is 18.2 Å². The van der Waals surface area contributed by atoms with Crippen molar-refractivity contribution in [2.24, 2.45) is 5.10 Å². The Balaban J connectivity index is 1.78. The number of aromatic hydroxyl groups is 1. The van der Waals surface area contributed by atoms with E-state index in [1.54, 1.807) is 18.3 Å². The largest absolute Gasteiger partial charge is 0.504 e. The summed E-state index contributed by atoms with van der Waals surface area (Å²) in [5.41, 5.74) is 1.82. The molecule has 2 aromatic rings. The number of ether oxygens (including phenoxy) is 1. The summed E-state index contributed by atoms with van der Waals surface area (Å²) in [5.74, 6) is 0.441. The highest BCUT2D eigenvalue weighted by Crippen LogP contribution is 2.34. The number of nitrogens with zero attached hydrogens (tertiary/aromatic N) is 2. The molecule has 0 radical (unpaired) electrons. The first-order valence-corrected chi connectivity index (χ1v) is 6.97. The van der Waals surface area contributed by atoms with E-state index in [-0.39, 0.29) is 17.7 Å². The Hall–Kier alpha value is -2.82. The summed E-state index contributed by atoms with van der Waals surface area (Å²) in [7, 11) is 1.49. The van der Waals surface area contributed by atoms with Crippen LogP contribution in [-0.2, 0) is 4.79 Å². The van der Waals surface area contributed by atoms with Crippen LogP contribution in [-0.4, -0.2) is 29.3 Å². The van der Waals surface area contributed by atoms with Crippen LogP contribution in [0.15, 0.2) is 53.6 Å². The molecule has 0 bridgehead atoms. The van der Waals surface area contributed by atoms with Gasteiger partial charge in [-0.05, 0) is 29.3 Å². The van der Waals surface area contributed by atoms with E-state index in [0.717, 1.165) is 11.1 Å². The van der Waals surface area contributed by atoms with Gasteiger partial charge < -0.3 is 9.84 Å². The summed E-state index contributed by atoms with van der Waals surface area (Å²) in [6.45, 7) is 0. The lowest BCUT2D eigenvalue weighted by molar-refractivity contribution is -0.146. The smallest absolute Gasteiger partial charge is 0.245 e. The number of β-lactam (4-membered cyclic amide) rings is 1. The number of hydrogen-bond acceptors (Lipinski definition) is 4. The molecule has 0 unspecified atom stereocenters. The maximum absolute atomic E-state index is 11.8. The Morgan fingerprint density at radius 2 is 2.05 bits per heavy atom. The van der Waals surface area contributed by atoms with Crippen molar-refractivity contribution in [2.75, 3.05) is 7.11 Å². The zero-order valence-corrected chi connectivity index (χ0v) is 12.1. The van der Waals surface area contributed by atoms with Crippen molar-refractivity contribution < 1.29 is 14.6 Å². The summed E-state index contributed by atoms with van der Waals surface area (Å²) >= 11 is 0. The fourth-order valence-corrected chi connectivity index (χ4v) is 2.39. The van der Waals surface area contributed by atoms with Crippen molar-refractivity contribution in [3.63, 3.8) is 0 Å². The quantitative estimate of drug-likeness (QED) is 0.697. The molecule has 0 saturated carbocycles. The molecule has 1 atom stereocenters. The third kappa shape index (κ3) is 2.65. The lowest BCUT2D eigenvalue weighted by atomic mass is 9.96. The van der Waals surface area contributed by atoms with Gasteiger partial charge in [0.2, 0.25) is 5.91 Å². The van der Waals surface area contributed by atoms with Gasteiger partial charge in [0.25, 0.3) is 0 Å². The first-order chi connectivity index (χ1) is 10.7. The zero-order chi connectivity index (χ0) is 15.5. The van der Waals surface area contributed by atoms with Crippen LogP contribution in [0.25, 0.3) is 0 Å². The first-order valence-electron chi connectivity index (χ1n) is 6.97. The molecule has 22 heavy (non-hydrogen) atoms. The molecule has 112 valence electrons. The second-order valence-corrected chi connectivity index (χ2v) is 5.04. The number of carbonyl (C=O) groups excluding carboxylic acids is 1. The number of phenols is 1. The molecule has 5 nitrogen and oxygen atoms in total. The predicted molar refractivity (Wildman–Crippen MR) is 82.9 cm³/mol. The van der Waals surface area contributed by atoms with Crippen molar-refractivity contribution in [3.05, 3.63) is 59.7 Å². The van der Waals surface area contributed by atoms with Gasteiger partial charge in [-0.15, -0.1) is 0 Å². The van der Waals surface area contributed by atoms with E-state index in [0.29, 0.717) is 12.2 Å². The lowest BCUT2D eigenvalue weighted by Gasteiger charge is -2.36. The number of hydrogen-bond donors (Lipinski definition) is 1. The number of phenolic OH excluding ortho intramolecular Hbond substituents is 1. The standard InChI is InChI=1S/C17H16N2O3/c1-22-16-9-12(7-8-15(16)20)11-18-19-14(10-17(19)21)13-5-3-2-4-6-13/h2-9,11,14,20H,10H2,1H3/b18-11-/t14-/m1/s1. The monoisotopic (exact) mass is 296 g/mol. The topological polar surface area (TPSA) is 62.1 Å². The number of benzene rings is 2. The average molecular weight is 296 g/mol. The van der Waals surface area contributed by atoms with E-state index in [1.807, 2.05) is 30.3 Å². The minimum Gasteiger partial charge on any atom is -0.504 e. The van der Waals surface area contributed by atoms with E-state index in [9.17, 15) is 9.90 Å². The van der Waals surface area contributed by atoms with Crippen LogP contribution < -0.4 is 4.74 Å². The maximum Gasteiger partial charge on any atom is 0.245 e. The van der Waals surface area contributed by atoms with Gasteiger partial charge in [-0.25, -0.2) is 5.01 Å². The van der Waals surface area contributed by atoms with Crippen molar-refractivity contribution in [2.45, 2.75) is 12.5 Å². The molecule has 1 aliphatic rings. The van der Waals surface area contributed by atoms with Crippen LogP contribution in [0, 0.1) is 0 Å². The molecule has 3 rings (SSSR count). The van der Waals surface area contributed by atoms with Gasteiger partial charge in [0.05, 0.1) is 25.8 Å². The third-order valence-electron chi connectivity index (χ3n) is 3.64. The fourth-order valence-electron chi connectivity index (χ4n) is 2.39. The normalized spacial score (nSPS) is 17.6. The second kappa shape index (κ2) is 5.89. The van der Waals surface area contributed by atoms with Crippen LogP contribution in [0.2, 0.25) is 0 Å². The minimum absolute atomic E-state index is 0.00385. The van der Waals surface area contributed by atoms with Crippen molar-refractivity contribution in [1.82, 2.24) is 5.01 Å². The Kier molecular flexibility index (Phi) is 3.78. The van der Waals surface area contributed by atoms with Gasteiger partial charge in [0, 0.05) is 0 Å². The highest BCUT2D eigenvalue weighted by molar-refractivity contribution is 5.87. The number of amides is 1. The Morgan fingerprint density at radius 3 is 2.73 bits per heavy atom. The lowest BCUT2D eigenvalue weighted by Crippen LogP contribution is -2.42. The number of hydrazone groups is 1. The molecule has 1 saturated heterocycles.